The van der Waals surface area contributed by atoms with Gasteiger partial charge in [0.2, 0.25) is 0 Å². The van der Waals surface area contributed by atoms with Crippen LogP contribution in [-0.4, -0.2) is 70.7 Å². The van der Waals surface area contributed by atoms with Crippen molar-refractivity contribution in [2.45, 2.75) is 86.5 Å². The molecule has 0 unspecified atom stereocenters. The van der Waals surface area contributed by atoms with E-state index in [4.69, 9.17) is 0 Å². The molecule has 17 heteroatoms. The van der Waals surface area contributed by atoms with Crippen molar-refractivity contribution in [1.82, 2.24) is 30.6 Å². The molecule has 3 amide bonds. The summed E-state index contributed by atoms with van der Waals surface area (Å²) in [5.74, 6) is 0.877. The maximum absolute atomic E-state index is 12.4. The molecule has 4 heterocycles. The minimum absolute atomic E-state index is 0.0715. The van der Waals surface area contributed by atoms with Crippen molar-refractivity contribution in [3.63, 3.8) is 0 Å². The molecule has 16 nitrogen and oxygen atoms in total. The number of nitrogens with zero attached hydrogens (tertiary/aromatic N) is 4. The van der Waals surface area contributed by atoms with E-state index in [-0.39, 0.29) is 40.4 Å². The van der Waals surface area contributed by atoms with Crippen LogP contribution in [0.4, 0.5) is 27.8 Å². The number of H-pyrrole nitrogens is 3. The Morgan fingerprint density at radius 2 is 0.821 bits per heavy atom. The number of carbonyl (C=O) groups excluding carboxylic acids is 3. The van der Waals surface area contributed by atoms with E-state index < -0.39 is 0 Å². The molecule has 0 radical (unpaired) electrons. The lowest BCUT2D eigenvalue weighted by Gasteiger charge is -2.19. The number of aromatic nitrogens is 6. The molecule has 0 aliphatic heterocycles. The lowest BCUT2D eigenvalue weighted by molar-refractivity contribution is 0.101. The number of amides is 3. The number of phenols is 3. The summed E-state index contributed by atoms with van der Waals surface area (Å²) < 4.78 is 0. The van der Waals surface area contributed by atoms with Gasteiger partial charge in [-0.05, 0) is 187 Å². The van der Waals surface area contributed by atoms with Crippen molar-refractivity contribution < 1.29 is 29.7 Å². The Labute approximate surface area is 558 Å². The van der Waals surface area contributed by atoms with E-state index in [2.05, 4.69) is 168 Å². The average molecular weight is 1290 g/mol. The summed E-state index contributed by atoms with van der Waals surface area (Å²) in [4.78, 5) is 40.4. The van der Waals surface area contributed by atoms with Crippen molar-refractivity contribution >= 4 is 56.8 Å². The second kappa shape index (κ2) is 30.9. The molecule has 4 aromatic heterocycles. The predicted molar refractivity (Wildman–Crippen MR) is 386 cm³/mol. The van der Waals surface area contributed by atoms with E-state index >= 15 is 0 Å². The Bertz CT molecular complexity index is 4500. The molecule has 0 bridgehead atoms. The summed E-state index contributed by atoms with van der Waals surface area (Å²) in [6.45, 7) is 21.6. The molecular formula is C78H80N10O6S. The average Bonchev–Trinajstić information content (AvgIpc) is 1.85. The number of hydrogen-bond acceptors (Lipinski definition) is 11. The normalized spacial score (nSPS) is 10.9. The minimum atomic E-state index is -0.262. The van der Waals surface area contributed by atoms with Crippen LogP contribution in [0.2, 0.25) is 0 Å². The second-order valence-corrected chi connectivity index (χ2v) is 25.8. The quantitative estimate of drug-likeness (QED) is 0.0499. The van der Waals surface area contributed by atoms with E-state index in [1.54, 1.807) is 78.9 Å². The molecule has 12 rings (SSSR count). The van der Waals surface area contributed by atoms with Crippen LogP contribution in [0.3, 0.4) is 0 Å². The first-order chi connectivity index (χ1) is 45.4. The van der Waals surface area contributed by atoms with E-state index in [0.717, 1.165) is 44.9 Å². The number of benzene rings is 8. The molecule has 0 atom stereocenters. The third kappa shape index (κ3) is 18.7. The van der Waals surface area contributed by atoms with Crippen LogP contribution in [0, 0.1) is 20.8 Å². The number of anilines is 5. The fraction of sp³-hybridized carbons (Fsp3) is 0.179. The third-order valence-electron chi connectivity index (χ3n) is 15.6. The van der Waals surface area contributed by atoms with Gasteiger partial charge in [-0.2, -0.15) is 15.3 Å². The zero-order valence-electron chi connectivity index (χ0n) is 55.2. The first-order valence-corrected chi connectivity index (χ1v) is 32.0. The van der Waals surface area contributed by atoms with Crippen molar-refractivity contribution in [2.24, 2.45) is 0 Å². The van der Waals surface area contributed by atoms with E-state index in [9.17, 15) is 29.7 Å². The lowest BCUT2D eigenvalue weighted by atomic mass is 9.87. The number of rotatable bonds is 14. The summed E-state index contributed by atoms with van der Waals surface area (Å²) in [6.07, 6.45) is 0. The molecule has 0 spiro atoms. The topological polar surface area (TPSA) is 237 Å². The maximum atomic E-state index is 12.4. The maximum Gasteiger partial charge on any atom is 0.273 e. The van der Waals surface area contributed by atoms with Crippen molar-refractivity contribution in [1.29, 1.82) is 0 Å². The number of aryl methyl sites for hydroxylation is 3. The Morgan fingerprint density at radius 1 is 0.442 bits per heavy atom. The molecular weight excluding hydrogens is 1200 g/mol. The predicted octanol–water partition coefficient (Wildman–Crippen LogP) is 18.8. The highest BCUT2D eigenvalue weighted by molar-refractivity contribution is 7.19. The van der Waals surface area contributed by atoms with Crippen LogP contribution in [0.1, 0.15) is 125 Å². The van der Waals surface area contributed by atoms with Gasteiger partial charge < -0.3 is 36.2 Å². The second-order valence-electron chi connectivity index (χ2n) is 24.7. The van der Waals surface area contributed by atoms with E-state index in [1.165, 1.54) is 43.4 Å². The van der Waals surface area contributed by atoms with Crippen LogP contribution in [0.5, 0.6) is 17.2 Å². The van der Waals surface area contributed by atoms with Crippen LogP contribution in [0.25, 0.3) is 44.2 Å². The molecule has 0 saturated carbocycles. The van der Waals surface area contributed by atoms with Gasteiger partial charge in [0.05, 0.1) is 22.1 Å². The third-order valence-corrected chi connectivity index (χ3v) is 16.9. The Balaban J connectivity index is 0.000000149. The lowest BCUT2D eigenvalue weighted by Crippen LogP contribution is -2.14. The van der Waals surface area contributed by atoms with Gasteiger partial charge in [-0.15, -0.1) is 11.3 Å². The van der Waals surface area contributed by atoms with E-state index in [1.807, 2.05) is 110 Å². The largest absolute Gasteiger partial charge is 0.508 e. The van der Waals surface area contributed by atoms with Gasteiger partial charge in [-0.1, -0.05) is 157 Å². The Hall–Kier alpha value is -11.3. The first kappa shape index (κ1) is 68.1. The smallest absolute Gasteiger partial charge is 0.273 e. The van der Waals surface area contributed by atoms with Crippen LogP contribution >= 0.6 is 11.3 Å². The molecule has 0 aliphatic carbocycles. The number of aromatic amines is 3. The van der Waals surface area contributed by atoms with Gasteiger partial charge in [0.15, 0.2) is 0 Å². The number of phenolic OH excluding ortho intramolecular Hbond substituents is 3. The summed E-state index contributed by atoms with van der Waals surface area (Å²) in [6, 6.07) is 68.3. The minimum Gasteiger partial charge on any atom is -0.508 e. The summed E-state index contributed by atoms with van der Waals surface area (Å²) in [5.41, 5.74) is 17.6. The molecule has 0 saturated heterocycles. The summed E-state index contributed by atoms with van der Waals surface area (Å²) >= 11 is 1.87. The standard InChI is InChI=1S/C24H29NS.C20H21N3O2.2C17H15N3O2/c1-16(2)19-7-9-21(10-8-19)24-18(5)15-23(26-24)25(6)22-13-11-20(12-14-22)17(3)4;1-20(2,3)14-7-9-15(10-8-14)21-19(25)18-12-17(22-23-18)13-5-4-6-16(24)11-13;1-11-2-6-13(7-3-11)18-17(22)16-10-15(19-20-16)12-4-8-14(21)9-5-12;1-11-5-7-13(8-6-11)18-17(22)16-10-15(19-20-16)12-3-2-4-14(21)9-12/h7-17H,1-6H3;4-12,24H,1-3H3,(H,21,25)(H,22,23);2*2-10,21H,1H3,(H,18,22)(H,19,20). The van der Waals surface area contributed by atoms with Crippen molar-refractivity contribution in [3.8, 4) is 61.5 Å². The Kier molecular flexibility index (Phi) is 22.1. The van der Waals surface area contributed by atoms with Gasteiger partial charge in [0.1, 0.15) is 34.3 Å². The molecule has 8 aromatic carbocycles. The van der Waals surface area contributed by atoms with E-state index in [0.29, 0.717) is 46.0 Å². The number of thiophene rings is 1. The zero-order chi connectivity index (χ0) is 67.9. The molecule has 9 N–H and O–H groups in total. The van der Waals surface area contributed by atoms with Gasteiger partial charge >= 0.3 is 0 Å². The number of hydrogen-bond donors (Lipinski definition) is 9. The monoisotopic (exact) mass is 1280 g/mol. The summed E-state index contributed by atoms with van der Waals surface area (Å²) in [7, 11) is 2.15. The molecule has 0 aliphatic rings. The van der Waals surface area contributed by atoms with Crippen LogP contribution in [-0.2, 0) is 5.41 Å². The number of aromatic hydroxyl groups is 3. The highest BCUT2D eigenvalue weighted by Crippen LogP contribution is 2.40. The van der Waals surface area contributed by atoms with Gasteiger partial charge in [-0.3, -0.25) is 29.7 Å². The fourth-order valence-electron chi connectivity index (χ4n) is 9.79. The zero-order valence-corrected chi connectivity index (χ0v) is 56.0. The van der Waals surface area contributed by atoms with Gasteiger partial charge in [0.25, 0.3) is 17.7 Å². The first-order valence-electron chi connectivity index (χ1n) is 31.2. The van der Waals surface area contributed by atoms with Crippen molar-refractivity contribution in [2.75, 3.05) is 27.9 Å². The highest BCUT2D eigenvalue weighted by Gasteiger charge is 2.18. The van der Waals surface area contributed by atoms with Gasteiger partial charge in [-0.25, -0.2) is 0 Å². The number of carbonyl (C=O) groups is 3. The molecule has 484 valence electrons. The fourth-order valence-corrected chi connectivity index (χ4v) is 11.0. The molecule has 12 aromatic rings. The van der Waals surface area contributed by atoms with Gasteiger partial charge in [0, 0.05) is 51.4 Å². The van der Waals surface area contributed by atoms with Crippen LogP contribution < -0.4 is 20.9 Å². The van der Waals surface area contributed by atoms with Crippen molar-refractivity contribution in [3.05, 3.63) is 269 Å². The molecule has 95 heavy (non-hydrogen) atoms. The molecule has 0 fully saturated rings. The summed E-state index contributed by atoms with van der Waals surface area (Å²) in [5, 5.41) is 58.6. The Morgan fingerprint density at radius 3 is 1.21 bits per heavy atom. The number of nitrogens with one attached hydrogen (secondary N) is 6. The SMILES string of the molecule is CC(C)(C)c1ccc(NC(=O)c2cc(-c3cccc(O)c3)n[nH]2)cc1.Cc1cc(N(C)c2ccc(C(C)C)cc2)sc1-c1ccc(C(C)C)cc1.Cc1ccc(NC(=O)c2cc(-c3ccc(O)cc3)n[nH]2)cc1.Cc1ccc(NC(=O)c2cc(-c3cccc(O)c3)n[nH]2)cc1. The van der Waals surface area contributed by atoms with Crippen LogP contribution in [0.15, 0.2) is 218 Å². The highest BCUT2D eigenvalue weighted by atomic mass is 32.1.